The van der Waals surface area contributed by atoms with Crippen LogP contribution in [0.5, 0.6) is 0 Å². The fraction of sp³-hybridized carbons (Fsp3) is 0.533. The summed E-state index contributed by atoms with van der Waals surface area (Å²) in [6.45, 7) is 2.83. The Morgan fingerprint density at radius 3 is 2.54 bits per heavy atom. The Morgan fingerprint density at radius 1 is 1.11 bits per heavy atom. The summed E-state index contributed by atoms with van der Waals surface area (Å²) in [5, 5.41) is 17.5. The summed E-state index contributed by atoms with van der Waals surface area (Å²) in [6, 6.07) is 12.8. The SMILES string of the molecule is CCCc1cc(C(=O)N[C@@H](Cc2ccccc2)[C@@H](O)CNC2CCCCC2)c(F)c(N2CCCC2=O)c1. The minimum atomic E-state index is -0.840. The molecule has 1 aliphatic carbocycles. The van der Waals surface area contributed by atoms with Crippen molar-refractivity contribution < 1.29 is 19.1 Å². The molecule has 1 heterocycles. The summed E-state index contributed by atoms with van der Waals surface area (Å²) in [5.41, 5.74) is 1.90. The molecule has 0 bridgehead atoms. The van der Waals surface area contributed by atoms with Gasteiger partial charge in [0.1, 0.15) is 0 Å². The van der Waals surface area contributed by atoms with Gasteiger partial charge in [0.2, 0.25) is 5.91 Å². The van der Waals surface area contributed by atoms with Crippen LogP contribution >= 0.6 is 0 Å². The first kappa shape index (κ1) is 27.3. The van der Waals surface area contributed by atoms with Crippen molar-refractivity contribution in [2.24, 2.45) is 0 Å². The van der Waals surface area contributed by atoms with Crippen molar-refractivity contribution in [2.75, 3.05) is 18.0 Å². The van der Waals surface area contributed by atoms with E-state index in [4.69, 9.17) is 0 Å². The number of nitrogens with one attached hydrogen (secondary N) is 2. The van der Waals surface area contributed by atoms with Crippen LogP contribution in [0.25, 0.3) is 0 Å². The number of benzene rings is 2. The second-order valence-corrected chi connectivity index (χ2v) is 10.5. The van der Waals surface area contributed by atoms with Crippen LogP contribution in [-0.4, -0.2) is 48.2 Å². The summed E-state index contributed by atoms with van der Waals surface area (Å²) in [6.07, 6.45) is 7.97. The van der Waals surface area contributed by atoms with Crippen LogP contribution < -0.4 is 15.5 Å². The van der Waals surface area contributed by atoms with E-state index in [1.807, 2.05) is 37.3 Å². The van der Waals surface area contributed by atoms with Gasteiger partial charge in [-0.25, -0.2) is 4.39 Å². The molecule has 37 heavy (non-hydrogen) atoms. The average Bonchev–Trinajstić information content (AvgIpc) is 3.34. The zero-order chi connectivity index (χ0) is 26.2. The Kier molecular flexibility index (Phi) is 9.69. The molecule has 2 amide bonds. The van der Waals surface area contributed by atoms with Crippen molar-refractivity contribution >= 4 is 17.5 Å². The maximum atomic E-state index is 15.7. The number of hydrogen-bond donors (Lipinski definition) is 3. The van der Waals surface area contributed by atoms with E-state index in [0.717, 1.165) is 30.4 Å². The predicted octanol–water partition coefficient (Wildman–Crippen LogP) is 4.53. The molecular weight excluding hydrogens is 469 g/mol. The molecule has 0 unspecified atom stereocenters. The lowest BCUT2D eigenvalue weighted by molar-refractivity contribution is -0.117. The molecule has 2 aromatic carbocycles. The summed E-state index contributed by atoms with van der Waals surface area (Å²) in [4.78, 5) is 27.3. The van der Waals surface area contributed by atoms with Crippen LogP contribution in [0, 0.1) is 5.82 Å². The molecule has 2 aromatic rings. The van der Waals surface area contributed by atoms with Crippen molar-refractivity contribution in [1.29, 1.82) is 0 Å². The Labute approximate surface area is 219 Å². The van der Waals surface area contributed by atoms with Gasteiger partial charge in [0, 0.05) is 25.6 Å². The minimum Gasteiger partial charge on any atom is -0.390 e. The second-order valence-electron chi connectivity index (χ2n) is 10.5. The van der Waals surface area contributed by atoms with E-state index in [1.54, 1.807) is 12.1 Å². The van der Waals surface area contributed by atoms with E-state index in [1.165, 1.54) is 24.2 Å². The van der Waals surface area contributed by atoms with Crippen molar-refractivity contribution in [3.8, 4) is 0 Å². The van der Waals surface area contributed by atoms with E-state index in [2.05, 4.69) is 10.6 Å². The first-order valence-electron chi connectivity index (χ1n) is 13.8. The normalized spacial score (nSPS) is 18.1. The fourth-order valence-electron chi connectivity index (χ4n) is 5.50. The van der Waals surface area contributed by atoms with Gasteiger partial charge in [-0.15, -0.1) is 0 Å². The van der Waals surface area contributed by atoms with Crippen LogP contribution in [-0.2, 0) is 17.6 Å². The standard InChI is InChI=1S/C30H40FN3O3/c1-2-10-22-17-24(29(31)26(19-22)34-16-9-15-28(34)36)30(37)33-25(18-21-11-5-3-6-12-21)27(35)20-32-23-13-7-4-8-14-23/h3,5-6,11-12,17,19,23,25,27,32,35H,2,4,7-10,13-16,18,20H2,1H3,(H,33,37)/t25-,27-/m0/s1. The number of hydrogen-bond acceptors (Lipinski definition) is 4. The number of carbonyl (C=O) groups excluding carboxylic acids is 2. The molecule has 2 fully saturated rings. The topological polar surface area (TPSA) is 81.7 Å². The van der Waals surface area contributed by atoms with Gasteiger partial charge in [-0.2, -0.15) is 0 Å². The highest BCUT2D eigenvalue weighted by Gasteiger charge is 2.29. The average molecular weight is 510 g/mol. The molecule has 2 aliphatic rings. The van der Waals surface area contributed by atoms with Crippen molar-refractivity contribution in [3.63, 3.8) is 0 Å². The summed E-state index contributed by atoms with van der Waals surface area (Å²) in [5.74, 6) is -1.37. The Hall–Kier alpha value is -2.77. The number of anilines is 1. The number of nitrogens with zero attached hydrogens (tertiary/aromatic N) is 1. The smallest absolute Gasteiger partial charge is 0.254 e. The summed E-state index contributed by atoms with van der Waals surface area (Å²) in [7, 11) is 0. The fourth-order valence-corrected chi connectivity index (χ4v) is 5.50. The highest BCUT2D eigenvalue weighted by Crippen LogP contribution is 2.29. The molecule has 0 spiro atoms. The Balaban J connectivity index is 1.55. The second kappa shape index (κ2) is 13.2. The predicted molar refractivity (Wildman–Crippen MR) is 144 cm³/mol. The van der Waals surface area contributed by atoms with Gasteiger partial charge >= 0.3 is 0 Å². The lowest BCUT2D eigenvalue weighted by Gasteiger charge is -2.29. The molecule has 2 atom stereocenters. The third-order valence-electron chi connectivity index (χ3n) is 7.56. The van der Waals surface area contributed by atoms with Crippen LogP contribution in [0.3, 0.4) is 0 Å². The van der Waals surface area contributed by atoms with E-state index in [-0.39, 0.29) is 17.2 Å². The number of rotatable bonds is 11. The lowest BCUT2D eigenvalue weighted by atomic mass is 9.94. The van der Waals surface area contributed by atoms with Gasteiger partial charge in [-0.1, -0.05) is 62.9 Å². The lowest BCUT2D eigenvalue weighted by Crippen LogP contribution is -2.50. The number of aliphatic hydroxyl groups excluding tert-OH is 1. The van der Waals surface area contributed by atoms with E-state index in [0.29, 0.717) is 44.8 Å². The molecule has 1 saturated carbocycles. The Bertz CT molecular complexity index is 1060. The molecule has 200 valence electrons. The molecule has 1 aliphatic heterocycles. The number of aliphatic hydroxyl groups is 1. The molecule has 6 nitrogen and oxygen atoms in total. The number of halogens is 1. The van der Waals surface area contributed by atoms with Gasteiger partial charge < -0.3 is 20.6 Å². The molecule has 3 N–H and O–H groups in total. The molecule has 0 aromatic heterocycles. The van der Waals surface area contributed by atoms with Gasteiger partial charge in [0.25, 0.3) is 5.91 Å². The number of amides is 2. The van der Waals surface area contributed by atoms with Gasteiger partial charge in [0.15, 0.2) is 5.82 Å². The van der Waals surface area contributed by atoms with Gasteiger partial charge in [-0.05, 0) is 55.4 Å². The van der Waals surface area contributed by atoms with Crippen molar-refractivity contribution in [2.45, 2.75) is 89.3 Å². The van der Waals surface area contributed by atoms with Crippen molar-refractivity contribution in [3.05, 3.63) is 65.0 Å². The quantitative estimate of drug-likeness (QED) is 0.416. The van der Waals surface area contributed by atoms with E-state index < -0.39 is 23.9 Å². The molecule has 0 radical (unpaired) electrons. The van der Waals surface area contributed by atoms with Gasteiger partial charge in [0.05, 0.1) is 23.4 Å². The molecular formula is C30H40FN3O3. The molecule has 4 rings (SSSR count). The maximum absolute atomic E-state index is 15.7. The number of carbonyl (C=O) groups is 2. The zero-order valence-electron chi connectivity index (χ0n) is 21.8. The van der Waals surface area contributed by atoms with Crippen LogP contribution in [0.15, 0.2) is 42.5 Å². The minimum absolute atomic E-state index is 0.0776. The van der Waals surface area contributed by atoms with E-state index in [9.17, 15) is 14.7 Å². The third kappa shape index (κ3) is 7.17. The van der Waals surface area contributed by atoms with Gasteiger partial charge in [-0.3, -0.25) is 9.59 Å². The van der Waals surface area contributed by atoms with Crippen LogP contribution in [0.4, 0.5) is 10.1 Å². The highest BCUT2D eigenvalue weighted by atomic mass is 19.1. The first-order valence-corrected chi connectivity index (χ1v) is 13.8. The summed E-state index contributed by atoms with van der Waals surface area (Å²) >= 11 is 0. The monoisotopic (exact) mass is 509 g/mol. The maximum Gasteiger partial charge on any atom is 0.254 e. The molecule has 7 heteroatoms. The summed E-state index contributed by atoms with van der Waals surface area (Å²) < 4.78 is 15.7. The van der Waals surface area contributed by atoms with Crippen LogP contribution in [0.2, 0.25) is 0 Å². The van der Waals surface area contributed by atoms with Crippen LogP contribution in [0.1, 0.15) is 79.8 Å². The first-order chi connectivity index (χ1) is 18.0. The Morgan fingerprint density at radius 2 is 1.86 bits per heavy atom. The zero-order valence-corrected chi connectivity index (χ0v) is 21.8. The molecule has 1 saturated heterocycles. The van der Waals surface area contributed by atoms with Crippen molar-refractivity contribution in [1.82, 2.24) is 10.6 Å². The largest absolute Gasteiger partial charge is 0.390 e. The highest BCUT2D eigenvalue weighted by molar-refractivity contribution is 6.00. The number of aryl methyl sites for hydroxylation is 1. The van der Waals surface area contributed by atoms with E-state index >= 15 is 4.39 Å². The third-order valence-corrected chi connectivity index (χ3v) is 7.56.